The van der Waals surface area contributed by atoms with E-state index < -0.39 is 0 Å². The van der Waals surface area contributed by atoms with Gasteiger partial charge in [-0.2, -0.15) is 5.26 Å². The molecule has 0 atom stereocenters. The number of aryl methyl sites for hydroxylation is 1. The van der Waals surface area contributed by atoms with Crippen LogP contribution in [0.25, 0.3) is 32.0 Å². The van der Waals surface area contributed by atoms with E-state index in [0.29, 0.717) is 23.3 Å². The Morgan fingerprint density at radius 3 is 2.65 bits per heavy atom. The molecule has 0 fully saturated rings. The topological polar surface area (TPSA) is 58.7 Å². The van der Waals surface area contributed by atoms with Crippen molar-refractivity contribution in [2.45, 2.75) is 13.5 Å². The summed E-state index contributed by atoms with van der Waals surface area (Å²) in [4.78, 5) is 20.5. The van der Waals surface area contributed by atoms with E-state index in [2.05, 4.69) is 6.07 Å². The third-order valence-corrected chi connectivity index (χ3v) is 6.96. The average molecular weight is 440 g/mol. The van der Waals surface area contributed by atoms with Crippen LogP contribution in [0.3, 0.4) is 0 Å². The van der Waals surface area contributed by atoms with E-state index in [1.165, 1.54) is 11.3 Å². The van der Waals surface area contributed by atoms with Crippen molar-refractivity contribution in [2.75, 3.05) is 0 Å². The monoisotopic (exact) mass is 439 g/mol. The lowest BCUT2D eigenvalue weighted by atomic mass is 10.1. The SMILES string of the molecule is Cc1ccc(-c2nc3scc(-c4cccs4)c3c(=O)n2Cc2cccc(C#N)c2)cc1. The van der Waals surface area contributed by atoms with Gasteiger partial charge in [-0.05, 0) is 36.1 Å². The number of hydrogen-bond donors (Lipinski definition) is 0. The summed E-state index contributed by atoms with van der Waals surface area (Å²) in [5, 5.41) is 14.0. The maximum Gasteiger partial charge on any atom is 0.263 e. The molecule has 31 heavy (non-hydrogen) atoms. The number of benzene rings is 2. The molecule has 150 valence electrons. The highest BCUT2D eigenvalue weighted by Crippen LogP contribution is 2.34. The molecule has 0 radical (unpaired) electrons. The second-order valence-electron chi connectivity index (χ2n) is 7.31. The second kappa shape index (κ2) is 7.95. The Bertz CT molecular complexity index is 1490. The molecular weight excluding hydrogens is 422 g/mol. The zero-order valence-corrected chi connectivity index (χ0v) is 18.3. The van der Waals surface area contributed by atoms with E-state index in [0.717, 1.165) is 32.0 Å². The van der Waals surface area contributed by atoms with Crippen molar-refractivity contribution in [3.8, 4) is 27.9 Å². The quantitative estimate of drug-likeness (QED) is 0.341. The van der Waals surface area contributed by atoms with Gasteiger partial charge in [0.15, 0.2) is 0 Å². The molecule has 3 aromatic heterocycles. The van der Waals surface area contributed by atoms with E-state index in [9.17, 15) is 10.1 Å². The van der Waals surface area contributed by atoms with Crippen molar-refractivity contribution in [1.29, 1.82) is 5.26 Å². The molecule has 3 heterocycles. The molecule has 0 bridgehead atoms. The van der Waals surface area contributed by atoms with Gasteiger partial charge in [-0.15, -0.1) is 22.7 Å². The predicted octanol–water partition coefficient (Wildman–Crippen LogP) is 6.08. The number of thiophene rings is 2. The summed E-state index contributed by atoms with van der Waals surface area (Å²) in [6.07, 6.45) is 0. The van der Waals surface area contributed by atoms with Gasteiger partial charge >= 0.3 is 0 Å². The molecule has 6 heteroatoms. The zero-order valence-electron chi connectivity index (χ0n) is 16.7. The minimum atomic E-state index is -0.0624. The van der Waals surface area contributed by atoms with Crippen LogP contribution in [0.2, 0.25) is 0 Å². The Balaban J connectivity index is 1.76. The molecule has 0 saturated carbocycles. The lowest BCUT2D eigenvalue weighted by Crippen LogP contribution is -2.24. The molecule has 0 saturated heterocycles. The van der Waals surface area contributed by atoms with Gasteiger partial charge in [0.2, 0.25) is 0 Å². The molecule has 0 spiro atoms. The summed E-state index contributed by atoms with van der Waals surface area (Å²) in [6, 6.07) is 21.6. The number of hydrogen-bond acceptors (Lipinski definition) is 5. The van der Waals surface area contributed by atoms with Crippen LogP contribution in [0, 0.1) is 18.3 Å². The van der Waals surface area contributed by atoms with Gasteiger partial charge in [0.05, 0.1) is 23.6 Å². The van der Waals surface area contributed by atoms with Gasteiger partial charge in [-0.3, -0.25) is 9.36 Å². The first kappa shape index (κ1) is 19.4. The molecular formula is C25H17N3OS2. The average Bonchev–Trinajstić information content (AvgIpc) is 3.46. The fourth-order valence-corrected chi connectivity index (χ4v) is 5.38. The molecule has 0 aliphatic rings. The minimum absolute atomic E-state index is 0.0624. The first-order valence-electron chi connectivity index (χ1n) is 9.76. The fraction of sp³-hybridized carbons (Fsp3) is 0.0800. The van der Waals surface area contributed by atoms with Crippen LogP contribution in [0.4, 0.5) is 0 Å². The van der Waals surface area contributed by atoms with Crippen LogP contribution < -0.4 is 5.56 Å². The van der Waals surface area contributed by atoms with E-state index >= 15 is 0 Å². The Hall–Kier alpha value is -3.53. The number of aromatic nitrogens is 2. The lowest BCUT2D eigenvalue weighted by molar-refractivity contribution is 0.760. The van der Waals surface area contributed by atoms with E-state index in [-0.39, 0.29) is 5.56 Å². The number of rotatable bonds is 4. The normalized spacial score (nSPS) is 11.0. The molecule has 0 aliphatic carbocycles. The van der Waals surface area contributed by atoms with E-state index in [1.807, 2.05) is 72.3 Å². The molecule has 0 N–H and O–H groups in total. The summed E-state index contributed by atoms with van der Waals surface area (Å²) in [5.74, 6) is 0.638. The molecule has 0 unspecified atom stereocenters. The number of nitriles is 1. The molecule has 0 aliphatic heterocycles. The third-order valence-electron chi connectivity index (χ3n) is 5.19. The lowest BCUT2D eigenvalue weighted by Gasteiger charge is -2.14. The van der Waals surface area contributed by atoms with Crippen LogP contribution in [0.1, 0.15) is 16.7 Å². The van der Waals surface area contributed by atoms with Gasteiger partial charge in [-0.1, -0.05) is 48.0 Å². The predicted molar refractivity (Wildman–Crippen MR) is 128 cm³/mol. The molecule has 4 nitrogen and oxygen atoms in total. The van der Waals surface area contributed by atoms with Crippen molar-refractivity contribution in [2.24, 2.45) is 0 Å². The number of fused-ring (bicyclic) bond motifs is 1. The van der Waals surface area contributed by atoms with Crippen LogP contribution in [0.15, 0.2) is 76.2 Å². The van der Waals surface area contributed by atoms with Crippen molar-refractivity contribution in [1.82, 2.24) is 9.55 Å². The van der Waals surface area contributed by atoms with Crippen LogP contribution in [0.5, 0.6) is 0 Å². The highest BCUT2D eigenvalue weighted by Gasteiger charge is 2.19. The van der Waals surface area contributed by atoms with Crippen LogP contribution in [-0.2, 0) is 6.54 Å². The van der Waals surface area contributed by atoms with Crippen molar-refractivity contribution in [3.05, 3.63) is 98.5 Å². The van der Waals surface area contributed by atoms with Gasteiger partial charge in [0.25, 0.3) is 5.56 Å². The van der Waals surface area contributed by atoms with Gasteiger partial charge < -0.3 is 0 Å². The molecule has 0 amide bonds. The largest absolute Gasteiger partial charge is 0.288 e. The van der Waals surface area contributed by atoms with E-state index in [1.54, 1.807) is 22.0 Å². The molecule has 5 aromatic rings. The molecule has 2 aromatic carbocycles. The summed E-state index contributed by atoms with van der Waals surface area (Å²) in [6.45, 7) is 2.38. The summed E-state index contributed by atoms with van der Waals surface area (Å²) in [5.41, 5.74) is 4.38. The second-order valence-corrected chi connectivity index (χ2v) is 9.12. The standard InChI is InChI=1S/C25H17N3OS2/c1-16-7-9-19(10-8-16)23-27-24-22(20(15-31-24)21-6-3-11-30-21)25(29)28(23)14-18-5-2-4-17(12-18)13-26/h2-12,15H,14H2,1H3. The summed E-state index contributed by atoms with van der Waals surface area (Å²) >= 11 is 3.11. The third kappa shape index (κ3) is 3.59. The fourth-order valence-electron chi connectivity index (χ4n) is 3.63. The Morgan fingerprint density at radius 2 is 1.90 bits per heavy atom. The zero-order chi connectivity index (χ0) is 21.4. The first-order chi connectivity index (χ1) is 15.1. The molecule has 5 rings (SSSR count). The Morgan fingerprint density at radius 1 is 1.06 bits per heavy atom. The Labute approximate surface area is 187 Å². The van der Waals surface area contributed by atoms with Crippen molar-refractivity contribution in [3.63, 3.8) is 0 Å². The van der Waals surface area contributed by atoms with Gasteiger partial charge in [0.1, 0.15) is 10.7 Å². The minimum Gasteiger partial charge on any atom is -0.288 e. The first-order valence-corrected chi connectivity index (χ1v) is 11.5. The summed E-state index contributed by atoms with van der Waals surface area (Å²) < 4.78 is 1.73. The van der Waals surface area contributed by atoms with Crippen molar-refractivity contribution >= 4 is 32.9 Å². The maximum atomic E-state index is 13.8. The highest BCUT2D eigenvalue weighted by atomic mass is 32.1. The highest BCUT2D eigenvalue weighted by molar-refractivity contribution is 7.18. The van der Waals surface area contributed by atoms with Gasteiger partial charge in [0, 0.05) is 21.4 Å². The van der Waals surface area contributed by atoms with Gasteiger partial charge in [-0.25, -0.2) is 4.98 Å². The Kier molecular flexibility index (Phi) is 4.99. The summed E-state index contributed by atoms with van der Waals surface area (Å²) in [7, 11) is 0. The maximum absolute atomic E-state index is 13.8. The number of nitrogens with zero attached hydrogens (tertiary/aromatic N) is 3. The van der Waals surface area contributed by atoms with Crippen LogP contribution in [-0.4, -0.2) is 9.55 Å². The smallest absolute Gasteiger partial charge is 0.263 e. The van der Waals surface area contributed by atoms with Crippen LogP contribution >= 0.6 is 22.7 Å². The van der Waals surface area contributed by atoms with Crippen molar-refractivity contribution < 1.29 is 0 Å². The van der Waals surface area contributed by atoms with E-state index in [4.69, 9.17) is 4.98 Å².